The number of H-pyrrole nitrogens is 1. The molecule has 1 heterocycles. The molecule has 0 aliphatic rings. The van der Waals surface area contributed by atoms with Gasteiger partial charge in [-0.25, -0.2) is 9.59 Å². The third-order valence-electron chi connectivity index (χ3n) is 16.4. The molecule has 0 radical (unpaired) electrons. The van der Waals surface area contributed by atoms with E-state index < -0.39 is 163 Å². The number of hydrogen-bond donors (Lipinski definition) is 21. The van der Waals surface area contributed by atoms with Gasteiger partial charge in [-0.2, -0.15) is 24.4 Å². The number of aromatic amines is 1. The lowest BCUT2D eigenvalue weighted by Gasteiger charge is -2.31. The van der Waals surface area contributed by atoms with Gasteiger partial charge >= 0.3 is 11.9 Å². The number of thiol groups is 1. The van der Waals surface area contributed by atoms with Crippen LogP contribution in [0.15, 0.2) is 109 Å². The number of carbonyl (C=O) groups is 12. The SMILES string of the molecule is C[C@@H](O)[C@H](NC(=O)[C@H](CS)NC(=O)[C@H](Cc1ccc(N)cc1)NC(=O)CC(N)NC(=O)CSCC[C@@H](C(=O)O)N(C)C(=O)[C@H](Cc1ccccc1)NC(=O)[C@@H](NC(=O)[C@H](CCCCN)NC(=O)[C@@H](Cc1c[nH]c2ccccc12)NC(=O)[C@@H](N)Cc1ccc(O)cc1)[C@@H](C)O)C(=O)N[C@@H](CO)C(=O)O. The number of rotatable bonds is 43. The number of unbranched alkanes of at least 4 members (excludes halogenated alkanes) is 1. The van der Waals surface area contributed by atoms with E-state index in [0.717, 1.165) is 34.5 Å². The number of aliphatic hydroxyl groups excluding tert-OH is 3. The second-order valence-electron chi connectivity index (χ2n) is 24.6. The predicted octanol–water partition coefficient (Wildman–Crippen LogP) is -3.34. The first kappa shape index (κ1) is 83.8. The third kappa shape index (κ3) is 27.1. The van der Waals surface area contributed by atoms with Gasteiger partial charge in [0.15, 0.2) is 0 Å². The Labute approximate surface area is 603 Å². The average molecular weight is 1470 g/mol. The van der Waals surface area contributed by atoms with Gasteiger partial charge < -0.3 is 111 Å². The number of thioether (sulfide) groups is 1. The van der Waals surface area contributed by atoms with E-state index in [1.807, 2.05) is 23.5 Å². The molecule has 5 rings (SSSR count). The van der Waals surface area contributed by atoms with Crippen molar-refractivity contribution in [3.05, 3.63) is 132 Å². The molecule has 35 heteroatoms. The van der Waals surface area contributed by atoms with Crippen LogP contribution in [0.5, 0.6) is 5.75 Å². The fraction of sp³-hybridized carbons (Fsp3) is 0.441. The summed E-state index contributed by atoms with van der Waals surface area (Å²) < 4.78 is 0. The first-order valence-electron chi connectivity index (χ1n) is 32.9. The van der Waals surface area contributed by atoms with Crippen molar-refractivity contribution in [2.45, 2.75) is 150 Å². The fourth-order valence-electron chi connectivity index (χ4n) is 10.7. The number of fused-ring (bicyclic) bond motifs is 1. The number of carbonyl (C=O) groups excluding carboxylic acids is 10. The van der Waals surface area contributed by atoms with Crippen LogP contribution in [0.1, 0.15) is 68.2 Å². The summed E-state index contributed by atoms with van der Waals surface area (Å²) in [6.07, 6.45) is -3.47. The summed E-state index contributed by atoms with van der Waals surface area (Å²) >= 11 is 5.09. The maximum Gasteiger partial charge on any atom is 0.328 e. The molecule has 103 heavy (non-hydrogen) atoms. The Morgan fingerprint density at radius 1 is 0.553 bits per heavy atom. The number of nitrogens with zero attached hydrogens (tertiary/aromatic N) is 1. The second-order valence-corrected chi connectivity index (χ2v) is 26.0. The number of nitrogens with two attached hydrogens (primary N) is 4. The van der Waals surface area contributed by atoms with Gasteiger partial charge in [0, 0.05) is 54.9 Å². The molecular formula is C68H93N15O18S2. The number of carboxylic acid groups (broad SMARTS) is 2. The number of carboxylic acids is 2. The summed E-state index contributed by atoms with van der Waals surface area (Å²) in [6, 6.07) is 12.7. The molecule has 1 aromatic heterocycles. The number of anilines is 1. The Morgan fingerprint density at radius 2 is 1.07 bits per heavy atom. The maximum atomic E-state index is 14.6. The molecular weight excluding hydrogens is 1380 g/mol. The molecule has 0 saturated heterocycles. The minimum Gasteiger partial charge on any atom is -0.508 e. The van der Waals surface area contributed by atoms with Crippen molar-refractivity contribution in [3.8, 4) is 5.75 Å². The molecule has 0 saturated carbocycles. The monoisotopic (exact) mass is 1470 g/mol. The molecule has 0 aliphatic carbocycles. The molecule has 560 valence electrons. The van der Waals surface area contributed by atoms with E-state index in [4.69, 9.17) is 22.9 Å². The van der Waals surface area contributed by atoms with Gasteiger partial charge in [-0.05, 0) is 111 Å². The van der Waals surface area contributed by atoms with Crippen LogP contribution < -0.4 is 70.8 Å². The smallest absolute Gasteiger partial charge is 0.328 e. The van der Waals surface area contributed by atoms with Crippen molar-refractivity contribution in [1.82, 2.24) is 57.7 Å². The normalized spacial score (nSPS) is 15.0. The van der Waals surface area contributed by atoms with Crippen molar-refractivity contribution in [1.29, 1.82) is 0 Å². The van der Waals surface area contributed by atoms with Crippen molar-refractivity contribution in [2.75, 3.05) is 43.2 Å². The number of nitrogens with one attached hydrogen (secondary N) is 10. The highest BCUT2D eigenvalue weighted by Crippen LogP contribution is 2.21. The number of aromatic hydroxyl groups is 1. The van der Waals surface area contributed by atoms with Gasteiger partial charge in [0.05, 0.1) is 43.2 Å². The first-order chi connectivity index (χ1) is 48.9. The van der Waals surface area contributed by atoms with Crippen LogP contribution in [0.4, 0.5) is 5.69 Å². The summed E-state index contributed by atoms with van der Waals surface area (Å²) in [5.41, 5.74) is 27.6. The number of hydrogen-bond acceptors (Lipinski definition) is 22. The third-order valence-corrected chi connectivity index (χ3v) is 17.7. The molecule has 0 spiro atoms. The van der Waals surface area contributed by atoms with Gasteiger partial charge in [-0.1, -0.05) is 72.8 Å². The lowest BCUT2D eigenvalue weighted by molar-refractivity contribution is -0.150. The zero-order valence-electron chi connectivity index (χ0n) is 57.0. The van der Waals surface area contributed by atoms with Gasteiger partial charge in [-0.3, -0.25) is 47.9 Å². The zero-order valence-corrected chi connectivity index (χ0v) is 58.7. The van der Waals surface area contributed by atoms with E-state index in [1.54, 1.807) is 66.9 Å². The number of benzene rings is 4. The van der Waals surface area contributed by atoms with Crippen molar-refractivity contribution < 1.29 is 88.2 Å². The number of para-hydroxylation sites is 1. The number of phenols is 1. The van der Waals surface area contributed by atoms with Gasteiger partial charge in [0.2, 0.25) is 59.1 Å². The van der Waals surface area contributed by atoms with Crippen LogP contribution in [-0.4, -0.2) is 228 Å². The predicted molar refractivity (Wildman–Crippen MR) is 384 cm³/mol. The van der Waals surface area contributed by atoms with Crippen molar-refractivity contribution in [3.63, 3.8) is 0 Å². The molecule has 10 amide bonds. The molecule has 1 unspecified atom stereocenters. The highest BCUT2D eigenvalue weighted by molar-refractivity contribution is 7.99. The number of phenolic OH excluding ortho intramolecular Hbond substituents is 1. The van der Waals surface area contributed by atoms with Crippen LogP contribution in [0.3, 0.4) is 0 Å². The van der Waals surface area contributed by atoms with Crippen molar-refractivity contribution >= 4 is 112 Å². The molecule has 13 atom stereocenters. The highest BCUT2D eigenvalue weighted by Gasteiger charge is 2.38. The molecule has 0 aliphatic heterocycles. The first-order valence-corrected chi connectivity index (χ1v) is 34.7. The van der Waals surface area contributed by atoms with E-state index in [-0.39, 0.29) is 68.1 Å². The molecule has 4 aromatic carbocycles. The molecule has 0 bridgehead atoms. The van der Waals surface area contributed by atoms with Crippen LogP contribution in [0.2, 0.25) is 0 Å². The quantitative estimate of drug-likeness (QED) is 0.00785. The lowest BCUT2D eigenvalue weighted by atomic mass is 10.0. The minimum atomic E-state index is -1.78. The molecule has 0 fully saturated rings. The summed E-state index contributed by atoms with van der Waals surface area (Å²) in [5, 5.41) is 83.2. The lowest BCUT2D eigenvalue weighted by Crippen LogP contribution is -2.61. The average Bonchev–Trinajstić information content (AvgIpc) is 1.72. The Kier molecular flexibility index (Phi) is 34.1. The molecule has 5 aromatic rings. The van der Waals surface area contributed by atoms with Crippen LogP contribution in [0.25, 0.3) is 10.9 Å². The summed E-state index contributed by atoms with van der Waals surface area (Å²) in [5.74, 6) is -12.9. The Bertz CT molecular complexity index is 3690. The Balaban J connectivity index is 1.22. The summed E-state index contributed by atoms with van der Waals surface area (Å²) in [4.78, 5) is 167. The fourth-order valence-corrected chi connectivity index (χ4v) is 11.7. The van der Waals surface area contributed by atoms with Gasteiger partial charge in [-0.15, -0.1) is 0 Å². The topological polar surface area (TPSA) is 558 Å². The summed E-state index contributed by atoms with van der Waals surface area (Å²) in [6.45, 7) is 1.54. The number of amides is 10. The van der Waals surface area contributed by atoms with Crippen LogP contribution >= 0.6 is 24.4 Å². The maximum absolute atomic E-state index is 14.6. The Morgan fingerprint density at radius 3 is 1.65 bits per heavy atom. The number of aromatic nitrogens is 1. The van der Waals surface area contributed by atoms with E-state index in [0.29, 0.717) is 40.8 Å². The number of aliphatic hydroxyl groups is 3. The van der Waals surface area contributed by atoms with Gasteiger partial charge in [0.25, 0.3) is 0 Å². The van der Waals surface area contributed by atoms with Crippen LogP contribution in [-0.2, 0) is 83.2 Å². The van der Waals surface area contributed by atoms with Crippen LogP contribution in [0, 0.1) is 0 Å². The van der Waals surface area contributed by atoms with Crippen molar-refractivity contribution in [2.24, 2.45) is 17.2 Å². The standard InChI is InChI=1S/C68H93N15O18S2/c1-36(85)57(81-60(91)47(15-9-10-25-69)75-62(93)49(30-41-32-73-46-14-8-7-13-44(41)46)76-59(90)45(71)27-39-18-22-43(87)23-19-39)64(95)77-50(29-38-11-5-4-6-12-38)66(97)83(3)53(68(100)101)24-26-103-35-56(89)80-54(72)31-55(88)74-48(28-40-16-20-42(70)21-17-40)61(92)79-52(34-102)63(94)82-58(37(2)86)65(96)78-51(33-84)67(98)99/h4-8,11-14,16-23,32,36-37,45,47-54,57-58,73,84-87,102H,9-10,15,24-31,33-35,69-72H2,1-3H3,(H,74,88)(H,75,93)(H,76,90)(H,77,95)(H,78,96)(H,79,92)(H,80,89)(H,81,91)(H,82,94)(H,98,99)(H,100,101)/t36-,37-,45+,47+,48+,49-,50+,51+,52+,53+,54?,57+,58+/m1/s1. The molecule has 33 nitrogen and oxygen atoms in total. The van der Waals surface area contributed by atoms with E-state index in [1.165, 1.54) is 38.2 Å². The second kappa shape index (κ2) is 41.9. The summed E-state index contributed by atoms with van der Waals surface area (Å²) in [7, 11) is 1.20. The number of aliphatic carboxylic acids is 2. The molecule has 24 N–H and O–H groups in total. The number of likely N-dealkylation sites (N-methyl/N-ethyl adjacent to an activating group) is 1. The zero-order chi connectivity index (χ0) is 76.0. The van der Waals surface area contributed by atoms with Gasteiger partial charge in [0.1, 0.15) is 60.1 Å². The van der Waals surface area contributed by atoms with E-state index in [9.17, 15) is 88.2 Å². The number of nitrogen functional groups attached to an aromatic ring is 1. The highest BCUT2D eigenvalue weighted by atomic mass is 32.2. The van der Waals surface area contributed by atoms with E-state index in [2.05, 4.69) is 60.1 Å². The van der Waals surface area contributed by atoms with E-state index >= 15 is 0 Å². The Hall–Kier alpha value is -9.88. The minimum absolute atomic E-state index is 0.00934. The largest absolute Gasteiger partial charge is 0.508 e.